The molecule has 17 heavy (non-hydrogen) atoms. The Bertz CT molecular complexity index is 474. The second-order valence-electron chi connectivity index (χ2n) is 5.12. The van der Waals surface area contributed by atoms with E-state index in [4.69, 9.17) is 0 Å². The van der Waals surface area contributed by atoms with Gasteiger partial charge in [-0.05, 0) is 43.6 Å². The Labute approximate surface area is 99.4 Å². The number of hydrogen-bond acceptors (Lipinski definition) is 2. The summed E-state index contributed by atoms with van der Waals surface area (Å²) in [7, 11) is 0. The van der Waals surface area contributed by atoms with Gasteiger partial charge >= 0.3 is 0 Å². The van der Waals surface area contributed by atoms with Gasteiger partial charge in [0, 0.05) is 23.9 Å². The van der Waals surface area contributed by atoms with Crippen LogP contribution in [0.3, 0.4) is 0 Å². The summed E-state index contributed by atoms with van der Waals surface area (Å²) in [6.07, 6.45) is 6.45. The lowest BCUT2D eigenvalue weighted by Gasteiger charge is -2.17. The van der Waals surface area contributed by atoms with Crippen molar-refractivity contribution in [1.82, 2.24) is 10.3 Å². The molecule has 3 rings (SSSR count). The van der Waals surface area contributed by atoms with Crippen LogP contribution in [0.4, 0.5) is 0 Å². The van der Waals surface area contributed by atoms with E-state index in [1.165, 1.54) is 37.9 Å². The van der Waals surface area contributed by atoms with Gasteiger partial charge in [0.2, 0.25) is 5.56 Å². The molecule has 0 bridgehead atoms. The van der Waals surface area contributed by atoms with Gasteiger partial charge in [-0.3, -0.25) is 9.59 Å². The second kappa shape index (κ2) is 4.02. The molecule has 0 radical (unpaired) electrons. The summed E-state index contributed by atoms with van der Waals surface area (Å²) >= 11 is 0. The second-order valence-corrected chi connectivity index (χ2v) is 5.12. The third-order valence-electron chi connectivity index (χ3n) is 3.59. The zero-order chi connectivity index (χ0) is 11.8. The van der Waals surface area contributed by atoms with E-state index in [0.29, 0.717) is 23.4 Å². The average molecular weight is 232 g/mol. The minimum absolute atomic E-state index is 0.111. The quantitative estimate of drug-likeness (QED) is 0.821. The zero-order valence-electron chi connectivity index (χ0n) is 9.61. The van der Waals surface area contributed by atoms with Crippen LogP contribution in [-0.2, 0) is 0 Å². The van der Waals surface area contributed by atoms with Crippen molar-refractivity contribution in [1.29, 1.82) is 0 Å². The molecule has 2 aliphatic carbocycles. The number of aromatic amines is 1. The largest absolute Gasteiger partial charge is 0.349 e. The van der Waals surface area contributed by atoms with E-state index in [-0.39, 0.29) is 11.5 Å². The minimum Gasteiger partial charge on any atom is -0.349 e. The van der Waals surface area contributed by atoms with Crippen LogP contribution >= 0.6 is 0 Å². The summed E-state index contributed by atoms with van der Waals surface area (Å²) in [6, 6.07) is 3.33. The highest BCUT2D eigenvalue weighted by Gasteiger charge is 2.42. The molecule has 0 spiro atoms. The van der Waals surface area contributed by atoms with Crippen molar-refractivity contribution in [3.05, 3.63) is 34.2 Å². The summed E-state index contributed by atoms with van der Waals surface area (Å²) in [5.41, 5.74) is 0.229. The number of pyridine rings is 1. The van der Waals surface area contributed by atoms with Crippen molar-refractivity contribution < 1.29 is 4.79 Å². The van der Waals surface area contributed by atoms with E-state index in [1.807, 2.05) is 0 Å². The maximum Gasteiger partial charge on any atom is 0.251 e. The molecule has 1 heterocycles. The summed E-state index contributed by atoms with van der Waals surface area (Å²) in [6.45, 7) is 0. The summed E-state index contributed by atoms with van der Waals surface area (Å²) in [4.78, 5) is 25.7. The van der Waals surface area contributed by atoms with Gasteiger partial charge in [-0.15, -0.1) is 0 Å². The number of rotatable bonds is 4. The van der Waals surface area contributed by atoms with Crippen molar-refractivity contribution in [2.75, 3.05) is 0 Å². The van der Waals surface area contributed by atoms with Crippen LogP contribution in [0.2, 0.25) is 0 Å². The monoisotopic (exact) mass is 232 g/mol. The third-order valence-corrected chi connectivity index (χ3v) is 3.59. The minimum atomic E-state index is -0.230. The van der Waals surface area contributed by atoms with Gasteiger partial charge in [-0.2, -0.15) is 0 Å². The van der Waals surface area contributed by atoms with E-state index in [0.717, 1.165) is 0 Å². The average Bonchev–Trinajstić information content (AvgIpc) is 3.16. The van der Waals surface area contributed by atoms with Crippen LogP contribution in [0, 0.1) is 11.8 Å². The molecule has 1 aromatic heterocycles. The van der Waals surface area contributed by atoms with Crippen LogP contribution in [-0.4, -0.2) is 16.9 Å². The lowest BCUT2D eigenvalue weighted by Crippen LogP contribution is -2.38. The van der Waals surface area contributed by atoms with Crippen molar-refractivity contribution in [3.63, 3.8) is 0 Å². The van der Waals surface area contributed by atoms with Gasteiger partial charge in [0.05, 0.1) is 0 Å². The Morgan fingerprint density at radius 3 is 2.47 bits per heavy atom. The Balaban J connectivity index is 1.71. The van der Waals surface area contributed by atoms with Gasteiger partial charge in [0.25, 0.3) is 5.91 Å². The number of amides is 1. The maximum absolute atomic E-state index is 12.0. The molecule has 2 saturated carbocycles. The fourth-order valence-corrected chi connectivity index (χ4v) is 2.35. The Morgan fingerprint density at radius 2 is 1.94 bits per heavy atom. The van der Waals surface area contributed by atoms with Crippen LogP contribution in [0.15, 0.2) is 23.1 Å². The molecular weight excluding hydrogens is 216 g/mol. The number of carbonyl (C=O) groups excluding carboxylic acids is 1. The first-order valence-corrected chi connectivity index (χ1v) is 6.23. The fourth-order valence-electron chi connectivity index (χ4n) is 2.35. The number of H-pyrrole nitrogens is 1. The first kappa shape index (κ1) is 10.6. The molecule has 1 aromatic rings. The summed E-state index contributed by atoms with van der Waals surface area (Å²) in [5.74, 6) is 1.24. The van der Waals surface area contributed by atoms with Crippen LogP contribution in [0.25, 0.3) is 0 Å². The lowest BCUT2D eigenvalue weighted by atomic mass is 10.1. The third kappa shape index (κ3) is 2.40. The number of hydrogen-bond donors (Lipinski definition) is 2. The predicted molar refractivity (Wildman–Crippen MR) is 63.8 cm³/mol. The molecular formula is C13H16N2O2. The van der Waals surface area contributed by atoms with Crippen molar-refractivity contribution >= 4 is 5.91 Å². The normalized spacial score (nSPS) is 19.4. The predicted octanol–water partition coefficient (Wildman–Crippen LogP) is 1.29. The van der Waals surface area contributed by atoms with Gasteiger partial charge < -0.3 is 10.3 Å². The molecule has 1 amide bonds. The molecule has 0 atom stereocenters. The summed E-state index contributed by atoms with van der Waals surface area (Å²) < 4.78 is 0. The Hall–Kier alpha value is -1.58. The van der Waals surface area contributed by atoms with E-state index in [2.05, 4.69) is 10.3 Å². The zero-order valence-corrected chi connectivity index (χ0v) is 9.61. The molecule has 4 heteroatoms. The first-order chi connectivity index (χ1) is 8.24. The Kier molecular flexibility index (Phi) is 2.50. The van der Waals surface area contributed by atoms with Crippen LogP contribution in [0.5, 0.6) is 0 Å². The molecule has 90 valence electrons. The molecule has 0 aliphatic heterocycles. The number of nitrogens with one attached hydrogen (secondary N) is 2. The highest BCUT2D eigenvalue weighted by atomic mass is 16.2. The molecule has 0 aromatic carbocycles. The molecule has 0 saturated heterocycles. The topological polar surface area (TPSA) is 62.0 Å². The smallest absolute Gasteiger partial charge is 0.251 e. The van der Waals surface area contributed by atoms with Gasteiger partial charge in [-0.25, -0.2) is 0 Å². The van der Waals surface area contributed by atoms with Crippen molar-refractivity contribution in [2.24, 2.45) is 11.8 Å². The first-order valence-electron chi connectivity index (χ1n) is 6.23. The summed E-state index contributed by atoms with van der Waals surface area (Å²) in [5, 5.41) is 3.09. The van der Waals surface area contributed by atoms with E-state index >= 15 is 0 Å². The highest BCUT2D eigenvalue weighted by molar-refractivity contribution is 5.94. The highest BCUT2D eigenvalue weighted by Crippen LogP contribution is 2.44. The van der Waals surface area contributed by atoms with Crippen LogP contribution in [0.1, 0.15) is 36.0 Å². The van der Waals surface area contributed by atoms with Gasteiger partial charge in [0.15, 0.2) is 0 Å². The number of aromatic nitrogens is 1. The molecule has 2 aliphatic rings. The van der Waals surface area contributed by atoms with Crippen molar-refractivity contribution in [2.45, 2.75) is 31.7 Å². The molecule has 0 unspecified atom stereocenters. The Morgan fingerprint density at radius 1 is 1.29 bits per heavy atom. The standard InChI is InChI=1S/C13H16N2O2/c16-11-7-10(5-6-14-11)13(17)15-12(8-1-2-8)9-3-4-9/h5-9,12H,1-4H2,(H,14,16)(H,15,17). The van der Waals surface area contributed by atoms with Gasteiger partial charge in [0.1, 0.15) is 0 Å². The van der Waals surface area contributed by atoms with E-state index < -0.39 is 0 Å². The molecule has 2 fully saturated rings. The molecule has 2 N–H and O–H groups in total. The lowest BCUT2D eigenvalue weighted by molar-refractivity contribution is 0.0926. The van der Waals surface area contributed by atoms with Crippen molar-refractivity contribution in [3.8, 4) is 0 Å². The van der Waals surface area contributed by atoms with Crippen LogP contribution < -0.4 is 10.9 Å². The fraction of sp³-hybridized carbons (Fsp3) is 0.538. The number of carbonyl (C=O) groups is 1. The SMILES string of the molecule is O=C(NC(C1CC1)C1CC1)c1cc[nH]c(=O)c1. The van der Waals surface area contributed by atoms with Gasteiger partial charge in [-0.1, -0.05) is 0 Å². The maximum atomic E-state index is 12.0. The van der Waals surface area contributed by atoms with E-state index in [9.17, 15) is 9.59 Å². The van der Waals surface area contributed by atoms with E-state index in [1.54, 1.807) is 6.07 Å². The molecule has 4 nitrogen and oxygen atoms in total.